The number of morpholine rings is 1. The van der Waals surface area contributed by atoms with Crippen molar-refractivity contribution in [2.45, 2.75) is 32.4 Å². The lowest BCUT2D eigenvalue weighted by atomic mass is 10.0. The number of ether oxygens (including phenoxy) is 1. The van der Waals surface area contributed by atoms with E-state index in [1.165, 1.54) is 6.07 Å². The maximum Gasteiger partial charge on any atom is 0.146 e. The summed E-state index contributed by atoms with van der Waals surface area (Å²) in [5.41, 5.74) is 1.18. The standard InChI is InChI=1S/C14H20FNO2/c1-3-11-9-18-8-7-16(11)14-12(10(2)17)5-4-6-13(14)15/h4-6,10-11,17H,3,7-9H2,1-2H3. The molecule has 0 saturated carbocycles. The number of aliphatic hydroxyl groups excluding tert-OH is 1. The molecule has 2 unspecified atom stereocenters. The van der Waals surface area contributed by atoms with Crippen molar-refractivity contribution in [1.29, 1.82) is 0 Å². The molecule has 3 nitrogen and oxygen atoms in total. The summed E-state index contributed by atoms with van der Waals surface area (Å²) in [5.74, 6) is -0.270. The van der Waals surface area contributed by atoms with Gasteiger partial charge in [0, 0.05) is 12.1 Å². The lowest BCUT2D eigenvalue weighted by Gasteiger charge is -2.38. The highest BCUT2D eigenvalue weighted by atomic mass is 19.1. The average molecular weight is 253 g/mol. The molecule has 0 aliphatic carbocycles. The van der Waals surface area contributed by atoms with Gasteiger partial charge >= 0.3 is 0 Å². The van der Waals surface area contributed by atoms with Crippen molar-refractivity contribution in [3.05, 3.63) is 29.6 Å². The van der Waals surface area contributed by atoms with Gasteiger partial charge in [-0.05, 0) is 19.4 Å². The third-order valence-electron chi connectivity index (χ3n) is 3.45. The summed E-state index contributed by atoms with van der Waals surface area (Å²) in [7, 11) is 0. The lowest BCUT2D eigenvalue weighted by molar-refractivity contribution is 0.0921. The van der Waals surface area contributed by atoms with Crippen LogP contribution in [0.25, 0.3) is 0 Å². The monoisotopic (exact) mass is 253 g/mol. The SMILES string of the molecule is CCC1COCCN1c1c(F)cccc1C(C)O. The van der Waals surface area contributed by atoms with E-state index in [0.717, 1.165) is 6.42 Å². The van der Waals surface area contributed by atoms with E-state index >= 15 is 0 Å². The molecule has 0 radical (unpaired) electrons. The first-order valence-corrected chi connectivity index (χ1v) is 6.46. The first-order chi connectivity index (χ1) is 8.65. The topological polar surface area (TPSA) is 32.7 Å². The minimum absolute atomic E-state index is 0.174. The predicted molar refractivity (Wildman–Crippen MR) is 69.3 cm³/mol. The maximum absolute atomic E-state index is 14.1. The Kier molecular flexibility index (Phi) is 4.19. The Morgan fingerprint density at radius 1 is 1.56 bits per heavy atom. The summed E-state index contributed by atoms with van der Waals surface area (Å²) in [6, 6.07) is 5.05. The molecule has 1 heterocycles. The highest BCUT2D eigenvalue weighted by Gasteiger charge is 2.27. The summed E-state index contributed by atoms with van der Waals surface area (Å²) in [6.07, 6.45) is 0.226. The van der Waals surface area contributed by atoms with Crippen LogP contribution in [-0.4, -0.2) is 30.9 Å². The van der Waals surface area contributed by atoms with E-state index in [1.807, 2.05) is 4.90 Å². The number of benzene rings is 1. The molecule has 1 aromatic carbocycles. The molecule has 2 rings (SSSR count). The smallest absolute Gasteiger partial charge is 0.146 e. The third-order valence-corrected chi connectivity index (χ3v) is 3.45. The highest BCUT2D eigenvalue weighted by molar-refractivity contribution is 5.56. The fourth-order valence-electron chi connectivity index (χ4n) is 2.46. The molecule has 1 aromatic rings. The molecule has 0 aromatic heterocycles. The van der Waals surface area contributed by atoms with Gasteiger partial charge in [-0.2, -0.15) is 0 Å². The first kappa shape index (κ1) is 13.3. The number of para-hydroxylation sites is 1. The van der Waals surface area contributed by atoms with Gasteiger partial charge in [0.2, 0.25) is 0 Å². The number of aliphatic hydroxyl groups is 1. The molecule has 4 heteroatoms. The first-order valence-electron chi connectivity index (χ1n) is 6.46. The van der Waals surface area contributed by atoms with Crippen molar-refractivity contribution in [2.75, 3.05) is 24.7 Å². The Hall–Kier alpha value is -1.13. The van der Waals surface area contributed by atoms with E-state index in [9.17, 15) is 9.50 Å². The Balaban J connectivity index is 2.41. The Morgan fingerprint density at radius 2 is 2.33 bits per heavy atom. The average Bonchev–Trinajstić information content (AvgIpc) is 2.38. The van der Waals surface area contributed by atoms with E-state index in [0.29, 0.717) is 31.0 Å². The zero-order chi connectivity index (χ0) is 13.1. The predicted octanol–water partition coefficient (Wildman–Crippen LogP) is 2.49. The van der Waals surface area contributed by atoms with Crippen LogP contribution in [0.3, 0.4) is 0 Å². The van der Waals surface area contributed by atoms with Crippen molar-refractivity contribution in [1.82, 2.24) is 0 Å². The molecule has 2 atom stereocenters. The molecule has 1 saturated heterocycles. The molecule has 1 aliphatic heterocycles. The number of hydrogen-bond donors (Lipinski definition) is 1. The molecule has 0 spiro atoms. The van der Waals surface area contributed by atoms with Crippen LogP contribution in [0.5, 0.6) is 0 Å². The third kappa shape index (κ3) is 2.49. The Bertz CT molecular complexity index is 409. The molecule has 0 amide bonds. The van der Waals surface area contributed by atoms with E-state index in [2.05, 4.69) is 6.92 Å². The van der Waals surface area contributed by atoms with Crippen LogP contribution in [0.4, 0.5) is 10.1 Å². The van der Waals surface area contributed by atoms with Crippen LogP contribution in [0.2, 0.25) is 0 Å². The minimum Gasteiger partial charge on any atom is -0.389 e. The van der Waals surface area contributed by atoms with E-state index in [1.54, 1.807) is 19.1 Å². The van der Waals surface area contributed by atoms with Crippen LogP contribution >= 0.6 is 0 Å². The van der Waals surface area contributed by atoms with Gasteiger partial charge in [-0.1, -0.05) is 19.1 Å². The van der Waals surface area contributed by atoms with Crippen LogP contribution in [-0.2, 0) is 4.74 Å². The number of nitrogens with zero attached hydrogens (tertiary/aromatic N) is 1. The summed E-state index contributed by atoms with van der Waals surface area (Å²) in [6.45, 7) is 5.61. The number of anilines is 1. The van der Waals surface area contributed by atoms with Crippen molar-refractivity contribution < 1.29 is 14.2 Å². The molecular weight excluding hydrogens is 233 g/mol. The molecule has 18 heavy (non-hydrogen) atoms. The van der Waals surface area contributed by atoms with E-state index in [-0.39, 0.29) is 11.9 Å². The summed E-state index contributed by atoms with van der Waals surface area (Å²) in [5, 5.41) is 9.79. The minimum atomic E-state index is -0.670. The number of hydrogen-bond acceptors (Lipinski definition) is 3. The van der Waals surface area contributed by atoms with E-state index in [4.69, 9.17) is 4.74 Å². The maximum atomic E-state index is 14.1. The number of rotatable bonds is 3. The normalized spacial score (nSPS) is 22.0. The number of halogens is 1. The second-order valence-corrected chi connectivity index (χ2v) is 4.68. The lowest BCUT2D eigenvalue weighted by Crippen LogP contribution is -2.46. The zero-order valence-corrected chi connectivity index (χ0v) is 10.9. The van der Waals surface area contributed by atoms with Crippen molar-refractivity contribution >= 4 is 5.69 Å². The quantitative estimate of drug-likeness (QED) is 0.898. The Labute approximate surface area is 107 Å². The van der Waals surface area contributed by atoms with Gasteiger partial charge in [-0.15, -0.1) is 0 Å². The molecule has 1 N–H and O–H groups in total. The molecular formula is C14H20FNO2. The summed E-state index contributed by atoms with van der Waals surface area (Å²) < 4.78 is 19.5. The van der Waals surface area contributed by atoms with Gasteiger partial charge in [0.25, 0.3) is 0 Å². The van der Waals surface area contributed by atoms with Crippen molar-refractivity contribution in [3.8, 4) is 0 Å². The van der Waals surface area contributed by atoms with Gasteiger partial charge in [0.1, 0.15) is 5.82 Å². The zero-order valence-electron chi connectivity index (χ0n) is 10.9. The van der Waals surface area contributed by atoms with Crippen LogP contribution in [0.15, 0.2) is 18.2 Å². The van der Waals surface area contributed by atoms with Crippen molar-refractivity contribution in [3.63, 3.8) is 0 Å². The second-order valence-electron chi connectivity index (χ2n) is 4.68. The fourth-order valence-corrected chi connectivity index (χ4v) is 2.46. The van der Waals surface area contributed by atoms with Gasteiger partial charge in [0.05, 0.1) is 31.0 Å². The van der Waals surface area contributed by atoms with Crippen LogP contribution < -0.4 is 4.90 Å². The second kappa shape index (κ2) is 5.67. The highest BCUT2D eigenvalue weighted by Crippen LogP contribution is 2.32. The van der Waals surface area contributed by atoms with Gasteiger partial charge in [-0.25, -0.2) is 4.39 Å². The van der Waals surface area contributed by atoms with Crippen LogP contribution in [0.1, 0.15) is 31.9 Å². The summed E-state index contributed by atoms with van der Waals surface area (Å²) >= 11 is 0. The van der Waals surface area contributed by atoms with E-state index < -0.39 is 6.10 Å². The van der Waals surface area contributed by atoms with Crippen LogP contribution in [0, 0.1) is 5.82 Å². The van der Waals surface area contributed by atoms with Crippen molar-refractivity contribution in [2.24, 2.45) is 0 Å². The Morgan fingerprint density at radius 3 is 3.00 bits per heavy atom. The van der Waals surface area contributed by atoms with Gasteiger partial charge < -0.3 is 14.7 Å². The molecule has 0 bridgehead atoms. The fraction of sp³-hybridized carbons (Fsp3) is 0.571. The van der Waals surface area contributed by atoms with Gasteiger partial charge in [-0.3, -0.25) is 0 Å². The van der Waals surface area contributed by atoms with Gasteiger partial charge in [0.15, 0.2) is 0 Å². The molecule has 1 aliphatic rings. The largest absolute Gasteiger partial charge is 0.389 e. The summed E-state index contributed by atoms with van der Waals surface area (Å²) in [4.78, 5) is 2.03. The molecule has 100 valence electrons. The molecule has 1 fully saturated rings.